The Labute approximate surface area is 147 Å². The third kappa shape index (κ3) is 5.17. The van der Waals surface area contributed by atoms with Crippen LogP contribution >= 0.6 is 0 Å². The molecule has 0 radical (unpaired) electrons. The summed E-state index contributed by atoms with van der Waals surface area (Å²) in [6.07, 6.45) is 1.09. The summed E-state index contributed by atoms with van der Waals surface area (Å²) in [4.78, 5) is 47.9. The molecule has 0 bridgehead atoms. The van der Waals surface area contributed by atoms with Crippen LogP contribution in [0.5, 0.6) is 0 Å². The Balaban J connectivity index is 2.89. The fourth-order valence-corrected chi connectivity index (χ4v) is 3.58. The predicted octanol–water partition coefficient (Wildman–Crippen LogP) is 0.679. The van der Waals surface area contributed by atoms with Crippen molar-refractivity contribution in [3.05, 3.63) is 0 Å². The van der Waals surface area contributed by atoms with Crippen LogP contribution in [0.1, 0.15) is 33.1 Å². The summed E-state index contributed by atoms with van der Waals surface area (Å²) in [5, 5.41) is 2.57. The Morgan fingerprint density at radius 2 is 1.60 bits per heavy atom. The molecule has 0 heterocycles. The molecule has 5 atom stereocenters. The first-order valence-corrected chi connectivity index (χ1v) is 8.29. The third-order valence-electron chi connectivity index (χ3n) is 4.94. The lowest BCUT2D eigenvalue weighted by Gasteiger charge is -2.27. The average molecular weight is 357 g/mol. The van der Waals surface area contributed by atoms with Crippen molar-refractivity contribution < 1.29 is 33.4 Å². The third-order valence-corrected chi connectivity index (χ3v) is 4.94. The average Bonchev–Trinajstić information content (AvgIpc) is 3.00. The van der Waals surface area contributed by atoms with Crippen LogP contribution in [0, 0.1) is 23.7 Å². The largest absolute Gasteiger partial charge is 0.469 e. The van der Waals surface area contributed by atoms with E-state index in [0.717, 1.165) is 6.42 Å². The van der Waals surface area contributed by atoms with E-state index in [9.17, 15) is 19.2 Å². The van der Waals surface area contributed by atoms with Gasteiger partial charge >= 0.3 is 17.9 Å². The van der Waals surface area contributed by atoms with Gasteiger partial charge in [0.05, 0.1) is 33.7 Å². The Morgan fingerprint density at radius 1 is 1.00 bits per heavy atom. The van der Waals surface area contributed by atoms with Crippen molar-refractivity contribution in [1.82, 2.24) is 5.32 Å². The molecule has 0 aromatic carbocycles. The van der Waals surface area contributed by atoms with Gasteiger partial charge in [0.25, 0.3) is 0 Å². The fraction of sp³-hybridized carbons (Fsp3) is 0.765. The van der Waals surface area contributed by atoms with E-state index in [1.54, 1.807) is 6.92 Å². The first-order valence-electron chi connectivity index (χ1n) is 8.29. The van der Waals surface area contributed by atoms with Gasteiger partial charge in [0.2, 0.25) is 5.91 Å². The molecule has 0 aromatic rings. The van der Waals surface area contributed by atoms with E-state index in [-0.39, 0.29) is 30.1 Å². The molecule has 1 fully saturated rings. The summed E-state index contributed by atoms with van der Waals surface area (Å²) in [5.41, 5.74) is 0. The van der Waals surface area contributed by atoms with Crippen LogP contribution in [-0.2, 0) is 33.4 Å². The van der Waals surface area contributed by atoms with Crippen LogP contribution < -0.4 is 5.32 Å². The van der Waals surface area contributed by atoms with E-state index >= 15 is 0 Å². The lowest BCUT2D eigenvalue weighted by atomic mass is 9.79. The van der Waals surface area contributed by atoms with Gasteiger partial charge in [-0.1, -0.05) is 13.8 Å². The zero-order valence-electron chi connectivity index (χ0n) is 15.4. The molecule has 5 unspecified atom stereocenters. The second kappa shape index (κ2) is 9.39. The molecule has 0 aromatic heterocycles. The van der Waals surface area contributed by atoms with Crippen molar-refractivity contribution in [2.45, 2.75) is 39.2 Å². The van der Waals surface area contributed by atoms with Gasteiger partial charge < -0.3 is 19.5 Å². The minimum atomic E-state index is -1.12. The Hall–Kier alpha value is -2.12. The number of carbonyl (C=O) groups is 4. The van der Waals surface area contributed by atoms with Crippen molar-refractivity contribution in [3.8, 4) is 0 Å². The summed E-state index contributed by atoms with van der Waals surface area (Å²) in [6.45, 7) is 3.73. The number of ether oxygens (including phenoxy) is 3. The molecule has 1 N–H and O–H groups in total. The highest BCUT2D eigenvalue weighted by Crippen LogP contribution is 2.42. The molecule has 25 heavy (non-hydrogen) atoms. The molecule has 142 valence electrons. The molecule has 1 rings (SSSR count). The molecule has 0 aliphatic heterocycles. The van der Waals surface area contributed by atoms with Crippen molar-refractivity contribution in [1.29, 1.82) is 0 Å². The molecule has 0 saturated heterocycles. The van der Waals surface area contributed by atoms with Gasteiger partial charge in [-0.25, -0.2) is 4.79 Å². The molecule has 1 aliphatic rings. The number of esters is 3. The highest BCUT2D eigenvalue weighted by Gasteiger charge is 2.44. The van der Waals surface area contributed by atoms with Crippen LogP contribution in [0.4, 0.5) is 0 Å². The van der Waals surface area contributed by atoms with Gasteiger partial charge in [-0.2, -0.15) is 0 Å². The number of hydrogen-bond donors (Lipinski definition) is 1. The normalized spacial score (nSPS) is 24.8. The standard InChI is InChI=1S/C17H27NO7/c1-9-6-7-11(14(9)10(2)16(21)24-4)15(20)18-12(17(22)25-5)8-13(19)23-3/h9-12,14H,6-8H2,1-5H3,(H,18,20). The maximum Gasteiger partial charge on any atom is 0.328 e. The Morgan fingerprint density at radius 3 is 2.12 bits per heavy atom. The van der Waals surface area contributed by atoms with E-state index in [1.807, 2.05) is 6.92 Å². The summed E-state index contributed by atoms with van der Waals surface area (Å²) in [7, 11) is 3.70. The van der Waals surface area contributed by atoms with Crippen molar-refractivity contribution in [2.75, 3.05) is 21.3 Å². The summed E-state index contributed by atoms with van der Waals surface area (Å²) in [6, 6.07) is -1.12. The molecule has 8 nitrogen and oxygen atoms in total. The molecule has 1 amide bonds. The second-order valence-corrected chi connectivity index (χ2v) is 6.41. The molecular formula is C17H27NO7. The van der Waals surface area contributed by atoms with Crippen LogP contribution in [0.2, 0.25) is 0 Å². The SMILES string of the molecule is COC(=O)CC(NC(=O)C1CCC(C)C1C(C)C(=O)OC)C(=O)OC. The Bertz CT molecular complexity index is 519. The van der Waals surface area contributed by atoms with Gasteiger partial charge in [0, 0.05) is 5.92 Å². The topological polar surface area (TPSA) is 108 Å². The number of rotatable bonds is 7. The van der Waals surface area contributed by atoms with Gasteiger partial charge in [-0.05, 0) is 24.7 Å². The van der Waals surface area contributed by atoms with Crippen LogP contribution in [0.25, 0.3) is 0 Å². The van der Waals surface area contributed by atoms with E-state index in [2.05, 4.69) is 14.8 Å². The number of hydrogen-bond acceptors (Lipinski definition) is 7. The van der Waals surface area contributed by atoms with Gasteiger partial charge in [0.1, 0.15) is 6.04 Å². The molecule has 1 aliphatic carbocycles. The smallest absolute Gasteiger partial charge is 0.328 e. The fourth-order valence-electron chi connectivity index (χ4n) is 3.58. The molecular weight excluding hydrogens is 330 g/mol. The second-order valence-electron chi connectivity index (χ2n) is 6.41. The van der Waals surface area contributed by atoms with E-state index in [4.69, 9.17) is 4.74 Å². The quantitative estimate of drug-likeness (QED) is 0.527. The van der Waals surface area contributed by atoms with E-state index < -0.39 is 29.8 Å². The highest BCUT2D eigenvalue weighted by molar-refractivity contribution is 5.89. The summed E-state index contributed by atoms with van der Waals surface area (Å²) in [5.74, 6) is -2.98. The van der Waals surface area contributed by atoms with Gasteiger partial charge in [0.15, 0.2) is 0 Å². The number of amides is 1. The zero-order chi connectivity index (χ0) is 19.1. The van der Waals surface area contributed by atoms with Crippen molar-refractivity contribution >= 4 is 23.8 Å². The van der Waals surface area contributed by atoms with Crippen LogP contribution in [0.15, 0.2) is 0 Å². The number of nitrogens with one attached hydrogen (secondary N) is 1. The summed E-state index contributed by atoms with van der Waals surface area (Å²) < 4.78 is 14.0. The number of methoxy groups -OCH3 is 3. The first-order chi connectivity index (χ1) is 11.8. The summed E-state index contributed by atoms with van der Waals surface area (Å²) >= 11 is 0. The maximum atomic E-state index is 12.7. The first kappa shape index (κ1) is 20.9. The molecule has 8 heteroatoms. The van der Waals surface area contributed by atoms with Crippen molar-refractivity contribution in [2.24, 2.45) is 23.7 Å². The van der Waals surface area contributed by atoms with E-state index in [0.29, 0.717) is 6.42 Å². The Kier molecular flexibility index (Phi) is 7.86. The van der Waals surface area contributed by atoms with Gasteiger partial charge in [-0.3, -0.25) is 14.4 Å². The van der Waals surface area contributed by atoms with Gasteiger partial charge in [-0.15, -0.1) is 0 Å². The number of carbonyl (C=O) groups excluding carboxylic acids is 4. The van der Waals surface area contributed by atoms with Crippen molar-refractivity contribution in [3.63, 3.8) is 0 Å². The van der Waals surface area contributed by atoms with Crippen LogP contribution in [0.3, 0.4) is 0 Å². The van der Waals surface area contributed by atoms with Crippen LogP contribution in [-0.4, -0.2) is 51.2 Å². The maximum absolute atomic E-state index is 12.7. The lowest BCUT2D eigenvalue weighted by molar-refractivity contribution is -0.152. The monoisotopic (exact) mass is 357 g/mol. The highest BCUT2D eigenvalue weighted by atomic mass is 16.5. The minimum Gasteiger partial charge on any atom is -0.469 e. The van der Waals surface area contributed by atoms with E-state index in [1.165, 1.54) is 21.3 Å². The minimum absolute atomic E-state index is 0.169. The zero-order valence-corrected chi connectivity index (χ0v) is 15.4. The molecule has 1 saturated carbocycles. The molecule has 0 spiro atoms. The lowest BCUT2D eigenvalue weighted by Crippen LogP contribution is -2.47. The predicted molar refractivity (Wildman–Crippen MR) is 87.1 cm³/mol.